The minimum Gasteiger partial charge on any atom is -0.481 e. The number of hydrogen-bond acceptors (Lipinski definition) is 7. The monoisotopic (exact) mass is 480 g/mol. The van der Waals surface area contributed by atoms with Crippen LogP contribution in [0.3, 0.4) is 0 Å². The zero-order chi connectivity index (χ0) is 24.2. The molecule has 1 aromatic heterocycles. The third-order valence-corrected chi connectivity index (χ3v) is 7.84. The van der Waals surface area contributed by atoms with Crippen LogP contribution in [0.1, 0.15) is 52.4 Å². The third kappa shape index (κ3) is 4.53. The van der Waals surface area contributed by atoms with Crippen LogP contribution in [0.5, 0.6) is 5.75 Å². The highest BCUT2D eigenvalue weighted by Crippen LogP contribution is 2.40. The number of carbonyl (C=O) groups excluding carboxylic acids is 1. The maximum atomic E-state index is 14.7. The van der Waals surface area contributed by atoms with E-state index in [1.807, 2.05) is 23.1 Å². The van der Waals surface area contributed by atoms with E-state index in [1.54, 1.807) is 0 Å². The van der Waals surface area contributed by atoms with E-state index in [0.29, 0.717) is 23.7 Å². The van der Waals surface area contributed by atoms with E-state index >= 15 is 0 Å². The number of amides is 1. The number of aromatic nitrogens is 2. The fraction of sp³-hybridized carbons (Fsp3) is 0.577. The van der Waals surface area contributed by atoms with Gasteiger partial charge in [-0.05, 0) is 77.0 Å². The number of piperidine rings is 1. The van der Waals surface area contributed by atoms with Crippen LogP contribution in [-0.2, 0) is 4.79 Å². The molecule has 2 aromatic rings. The van der Waals surface area contributed by atoms with Crippen molar-refractivity contribution in [2.75, 3.05) is 35.2 Å². The molecule has 2 N–H and O–H groups in total. The van der Waals surface area contributed by atoms with Gasteiger partial charge in [0.1, 0.15) is 5.75 Å². The Balaban J connectivity index is 1.17. The van der Waals surface area contributed by atoms with E-state index in [-0.39, 0.29) is 29.9 Å². The maximum Gasteiger partial charge on any atom is 0.265 e. The summed E-state index contributed by atoms with van der Waals surface area (Å²) in [7, 11) is 0. The minimum atomic E-state index is -0.454. The molecule has 0 radical (unpaired) electrons. The quantitative estimate of drug-likeness (QED) is 0.637. The van der Waals surface area contributed by atoms with Crippen molar-refractivity contribution in [2.45, 2.75) is 70.0 Å². The second-order valence-electron chi connectivity index (χ2n) is 11.0. The Morgan fingerprint density at radius 2 is 2.11 bits per heavy atom. The molecular weight excluding hydrogens is 447 g/mol. The van der Waals surface area contributed by atoms with Crippen molar-refractivity contribution in [3.05, 3.63) is 30.2 Å². The average molecular weight is 481 g/mol. The summed E-state index contributed by atoms with van der Waals surface area (Å²) in [6.45, 7) is 6.49. The van der Waals surface area contributed by atoms with Gasteiger partial charge in [0, 0.05) is 35.9 Å². The molecule has 6 rings (SSSR count). The van der Waals surface area contributed by atoms with Crippen LogP contribution in [0.25, 0.3) is 0 Å². The van der Waals surface area contributed by atoms with Gasteiger partial charge in [0.25, 0.3) is 5.91 Å². The highest BCUT2D eigenvalue weighted by molar-refractivity contribution is 5.98. The second-order valence-corrected chi connectivity index (χ2v) is 11.0. The Morgan fingerprint density at radius 3 is 2.94 bits per heavy atom. The molecule has 4 heterocycles. The van der Waals surface area contributed by atoms with E-state index in [4.69, 9.17) is 4.74 Å². The molecule has 2 unspecified atom stereocenters. The number of anilines is 4. The predicted molar refractivity (Wildman–Crippen MR) is 133 cm³/mol. The Hall–Kier alpha value is -2.94. The molecule has 2 atom stereocenters. The summed E-state index contributed by atoms with van der Waals surface area (Å²) in [5.74, 6) is 1.33. The number of nitrogens with zero attached hydrogens (tertiary/aromatic N) is 4. The van der Waals surface area contributed by atoms with Crippen molar-refractivity contribution in [3.63, 3.8) is 0 Å². The van der Waals surface area contributed by atoms with Crippen molar-refractivity contribution in [1.29, 1.82) is 0 Å². The summed E-state index contributed by atoms with van der Waals surface area (Å²) in [5.41, 5.74) is 1.60. The zero-order valence-corrected chi connectivity index (χ0v) is 20.4. The molecule has 186 valence electrons. The SMILES string of the molecule is CC1(C)CC(Nc2nc(Nc3ccc4c(c3)OCC(=O)N4CC3CC3)ncc2F)CC2CCCN21. The Bertz CT molecular complexity index is 1140. The lowest BCUT2D eigenvalue weighted by Crippen LogP contribution is -2.55. The van der Waals surface area contributed by atoms with Crippen LogP contribution < -0.4 is 20.3 Å². The maximum absolute atomic E-state index is 14.7. The summed E-state index contributed by atoms with van der Waals surface area (Å²) in [6.07, 6.45) is 7.92. The number of nitrogens with one attached hydrogen (secondary N) is 2. The van der Waals surface area contributed by atoms with Crippen molar-refractivity contribution >= 4 is 29.0 Å². The normalized spacial score (nSPS) is 25.6. The smallest absolute Gasteiger partial charge is 0.265 e. The molecular formula is C26H33FN6O2. The Kier molecular flexibility index (Phi) is 5.55. The number of carbonyl (C=O) groups is 1. The highest BCUT2D eigenvalue weighted by atomic mass is 19.1. The molecule has 1 saturated carbocycles. The lowest BCUT2D eigenvalue weighted by atomic mass is 9.84. The molecule has 3 fully saturated rings. The predicted octanol–water partition coefficient (Wildman–Crippen LogP) is 4.31. The molecule has 1 aromatic carbocycles. The number of fused-ring (bicyclic) bond motifs is 2. The minimum absolute atomic E-state index is 0.00527. The number of hydrogen-bond donors (Lipinski definition) is 2. The third-order valence-electron chi connectivity index (χ3n) is 7.84. The van der Waals surface area contributed by atoms with E-state index in [2.05, 4.69) is 39.3 Å². The van der Waals surface area contributed by atoms with Gasteiger partial charge in [0.15, 0.2) is 18.2 Å². The van der Waals surface area contributed by atoms with Crippen molar-refractivity contribution < 1.29 is 13.9 Å². The fourth-order valence-corrected chi connectivity index (χ4v) is 6.01. The zero-order valence-electron chi connectivity index (χ0n) is 20.4. The summed E-state index contributed by atoms with van der Waals surface area (Å²) in [5, 5.41) is 6.54. The first-order chi connectivity index (χ1) is 16.9. The van der Waals surface area contributed by atoms with Crippen LogP contribution in [0.2, 0.25) is 0 Å². The number of rotatable bonds is 6. The molecule has 2 saturated heterocycles. The average Bonchev–Trinajstić information content (AvgIpc) is 3.51. The van der Waals surface area contributed by atoms with Gasteiger partial charge < -0.3 is 20.3 Å². The van der Waals surface area contributed by atoms with E-state index < -0.39 is 5.82 Å². The van der Waals surface area contributed by atoms with Crippen LogP contribution in [0, 0.1) is 11.7 Å². The molecule has 1 amide bonds. The van der Waals surface area contributed by atoms with Gasteiger partial charge in [-0.25, -0.2) is 9.37 Å². The highest BCUT2D eigenvalue weighted by Gasteiger charge is 2.43. The molecule has 0 spiro atoms. The Labute approximate surface area is 205 Å². The molecule has 0 bridgehead atoms. The number of ether oxygens (including phenoxy) is 1. The summed E-state index contributed by atoms with van der Waals surface area (Å²) in [4.78, 5) is 25.4. The van der Waals surface area contributed by atoms with E-state index in [1.165, 1.54) is 31.9 Å². The lowest BCUT2D eigenvalue weighted by Gasteiger charge is -2.47. The topological polar surface area (TPSA) is 82.6 Å². The van der Waals surface area contributed by atoms with Crippen LogP contribution >= 0.6 is 0 Å². The van der Waals surface area contributed by atoms with Gasteiger partial charge in [-0.1, -0.05) is 0 Å². The standard InChI is InChI=1S/C26H33FN6O2/c1-26(2)12-18(10-19-4-3-9-33(19)26)29-24-20(27)13-28-25(31-24)30-17-7-8-21-22(11-17)35-15-23(34)32(21)14-16-5-6-16/h7-8,11,13,16,18-19H,3-6,9-10,12,14-15H2,1-2H3,(H2,28,29,30,31). The van der Waals surface area contributed by atoms with Gasteiger partial charge >= 0.3 is 0 Å². The molecule has 1 aliphatic carbocycles. The lowest BCUT2D eigenvalue weighted by molar-refractivity contribution is -0.121. The summed E-state index contributed by atoms with van der Waals surface area (Å²) >= 11 is 0. The van der Waals surface area contributed by atoms with Gasteiger partial charge in [0.2, 0.25) is 5.95 Å². The van der Waals surface area contributed by atoms with Gasteiger partial charge in [-0.3, -0.25) is 9.69 Å². The van der Waals surface area contributed by atoms with E-state index in [9.17, 15) is 9.18 Å². The fourth-order valence-electron chi connectivity index (χ4n) is 6.01. The van der Waals surface area contributed by atoms with Gasteiger partial charge in [-0.2, -0.15) is 4.98 Å². The van der Waals surface area contributed by atoms with Crippen molar-refractivity contribution in [1.82, 2.24) is 14.9 Å². The number of benzene rings is 1. The first-order valence-electron chi connectivity index (χ1n) is 12.8. The first kappa shape index (κ1) is 22.5. The van der Waals surface area contributed by atoms with Crippen molar-refractivity contribution in [3.8, 4) is 5.75 Å². The molecule has 9 heteroatoms. The first-order valence-corrected chi connectivity index (χ1v) is 12.8. The molecule has 3 aliphatic heterocycles. The summed E-state index contributed by atoms with van der Waals surface area (Å²) < 4.78 is 20.4. The van der Waals surface area contributed by atoms with Crippen LogP contribution in [0.15, 0.2) is 24.4 Å². The molecule has 8 nitrogen and oxygen atoms in total. The number of halogens is 1. The second kappa shape index (κ2) is 8.62. The Morgan fingerprint density at radius 1 is 1.26 bits per heavy atom. The van der Waals surface area contributed by atoms with Crippen LogP contribution in [-0.4, -0.2) is 58.1 Å². The van der Waals surface area contributed by atoms with E-state index in [0.717, 1.165) is 37.3 Å². The van der Waals surface area contributed by atoms with Crippen LogP contribution in [0.4, 0.5) is 27.5 Å². The molecule has 4 aliphatic rings. The van der Waals surface area contributed by atoms with Gasteiger partial charge in [0.05, 0.1) is 11.9 Å². The summed E-state index contributed by atoms with van der Waals surface area (Å²) in [6, 6.07) is 6.31. The largest absolute Gasteiger partial charge is 0.481 e. The molecule has 35 heavy (non-hydrogen) atoms. The van der Waals surface area contributed by atoms with Gasteiger partial charge in [-0.15, -0.1) is 0 Å². The van der Waals surface area contributed by atoms with Crippen molar-refractivity contribution in [2.24, 2.45) is 5.92 Å².